The Morgan fingerprint density at radius 1 is 0.929 bits per heavy atom. The summed E-state index contributed by atoms with van der Waals surface area (Å²) in [4.78, 5) is 29.9. The van der Waals surface area contributed by atoms with Gasteiger partial charge in [-0.3, -0.25) is 9.48 Å². The van der Waals surface area contributed by atoms with Crippen molar-refractivity contribution in [1.82, 2.24) is 29.3 Å². The number of benzene rings is 1. The number of rotatable bonds is 2. The number of hydrogen-bond acceptors (Lipinski definition) is 7. The molecule has 1 aromatic carbocycles. The third kappa shape index (κ3) is 2.67. The zero-order valence-corrected chi connectivity index (χ0v) is 15.8. The van der Waals surface area contributed by atoms with E-state index in [0.717, 1.165) is 54.2 Å². The van der Waals surface area contributed by atoms with Crippen molar-refractivity contribution < 1.29 is 0 Å². The lowest BCUT2D eigenvalue weighted by Crippen LogP contribution is -2.46. The van der Waals surface area contributed by atoms with Gasteiger partial charge in [0, 0.05) is 52.2 Å². The van der Waals surface area contributed by atoms with E-state index in [2.05, 4.69) is 29.9 Å². The standard InChI is InChI=1S/C19H20N8O/c1-24-12-22-16-9-13(3-4-14(16)19(24)28)26-5-7-27(8-6-26)18-15-10-25(2)23-17(15)20-11-21-18/h3-4,9-12H,5-8H2,1-2H3. The van der Waals surface area contributed by atoms with Crippen molar-refractivity contribution in [1.29, 1.82) is 0 Å². The molecule has 9 nitrogen and oxygen atoms in total. The van der Waals surface area contributed by atoms with E-state index in [0.29, 0.717) is 5.39 Å². The minimum absolute atomic E-state index is 0.0226. The van der Waals surface area contributed by atoms with E-state index in [1.165, 1.54) is 4.57 Å². The number of nitrogens with zero attached hydrogens (tertiary/aromatic N) is 8. The van der Waals surface area contributed by atoms with Crippen LogP contribution in [0.4, 0.5) is 11.5 Å². The molecule has 0 radical (unpaired) electrons. The van der Waals surface area contributed by atoms with Crippen molar-refractivity contribution in [2.45, 2.75) is 0 Å². The monoisotopic (exact) mass is 376 g/mol. The van der Waals surface area contributed by atoms with Crippen molar-refractivity contribution in [3.05, 3.63) is 47.4 Å². The fraction of sp³-hybridized carbons (Fsp3) is 0.316. The van der Waals surface area contributed by atoms with Gasteiger partial charge in [-0.25, -0.2) is 15.0 Å². The van der Waals surface area contributed by atoms with Crippen molar-refractivity contribution >= 4 is 33.4 Å². The van der Waals surface area contributed by atoms with Gasteiger partial charge in [-0.15, -0.1) is 0 Å². The van der Waals surface area contributed by atoms with Crippen molar-refractivity contribution in [3.63, 3.8) is 0 Å². The summed E-state index contributed by atoms with van der Waals surface area (Å²) in [6.07, 6.45) is 5.11. The highest BCUT2D eigenvalue weighted by molar-refractivity contribution is 5.86. The summed E-state index contributed by atoms with van der Waals surface area (Å²) in [6, 6.07) is 5.87. The van der Waals surface area contributed by atoms with Crippen LogP contribution in [-0.4, -0.2) is 55.5 Å². The molecule has 0 spiro atoms. The first-order valence-corrected chi connectivity index (χ1v) is 9.20. The quantitative estimate of drug-likeness (QED) is 0.515. The van der Waals surface area contributed by atoms with Crippen LogP contribution in [0.5, 0.6) is 0 Å². The number of aromatic nitrogens is 6. The van der Waals surface area contributed by atoms with Crippen LogP contribution >= 0.6 is 0 Å². The van der Waals surface area contributed by atoms with E-state index in [1.54, 1.807) is 24.4 Å². The summed E-state index contributed by atoms with van der Waals surface area (Å²) in [5.74, 6) is 0.932. The third-order valence-corrected chi connectivity index (χ3v) is 5.26. The molecule has 4 heterocycles. The predicted octanol–water partition coefficient (Wildman–Crippen LogP) is 0.937. The minimum atomic E-state index is -0.0226. The summed E-state index contributed by atoms with van der Waals surface area (Å²) < 4.78 is 3.27. The molecule has 0 atom stereocenters. The molecule has 1 aliphatic heterocycles. The second-order valence-electron chi connectivity index (χ2n) is 7.07. The molecule has 142 valence electrons. The van der Waals surface area contributed by atoms with Crippen molar-refractivity contribution in [2.75, 3.05) is 36.0 Å². The van der Waals surface area contributed by atoms with Gasteiger partial charge in [0.15, 0.2) is 5.65 Å². The Labute approximate surface area is 160 Å². The normalized spacial score (nSPS) is 14.9. The highest BCUT2D eigenvalue weighted by atomic mass is 16.1. The van der Waals surface area contributed by atoms with Gasteiger partial charge in [-0.1, -0.05) is 0 Å². The fourth-order valence-electron chi connectivity index (χ4n) is 3.76. The first-order chi connectivity index (χ1) is 13.6. The number of fused-ring (bicyclic) bond motifs is 2. The molecule has 0 amide bonds. The van der Waals surface area contributed by atoms with E-state index in [4.69, 9.17) is 0 Å². The molecule has 0 saturated carbocycles. The number of hydrogen-bond donors (Lipinski definition) is 0. The van der Waals surface area contributed by atoms with Crippen LogP contribution < -0.4 is 15.4 Å². The van der Waals surface area contributed by atoms with Gasteiger partial charge in [0.1, 0.15) is 12.1 Å². The molecule has 0 N–H and O–H groups in total. The Balaban J connectivity index is 1.39. The summed E-state index contributed by atoms with van der Waals surface area (Å²) in [5.41, 5.74) is 2.51. The van der Waals surface area contributed by atoms with Gasteiger partial charge >= 0.3 is 0 Å². The van der Waals surface area contributed by atoms with Crippen molar-refractivity contribution in [3.8, 4) is 0 Å². The minimum Gasteiger partial charge on any atom is -0.368 e. The van der Waals surface area contributed by atoms with Crippen LogP contribution in [0.3, 0.4) is 0 Å². The Bertz CT molecular complexity index is 1240. The van der Waals surface area contributed by atoms with E-state index >= 15 is 0 Å². The van der Waals surface area contributed by atoms with E-state index in [-0.39, 0.29) is 5.56 Å². The summed E-state index contributed by atoms with van der Waals surface area (Å²) in [5, 5.41) is 5.99. The highest BCUT2D eigenvalue weighted by Gasteiger charge is 2.21. The second-order valence-corrected chi connectivity index (χ2v) is 7.07. The molecule has 1 fully saturated rings. The lowest BCUT2D eigenvalue weighted by molar-refractivity contribution is 0.649. The molecule has 0 unspecified atom stereocenters. The SMILES string of the molecule is Cn1cc2c(N3CCN(c4ccc5c(=O)n(C)cnc5c4)CC3)ncnc2n1. The van der Waals surface area contributed by atoms with Gasteiger partial charge in [-0.05, 0) is 18.2 Å². The van der Waals surface area contributed by atoms with E-state index < -0.39 is 0 Å². The maximum Gasteiger partial charge on any atom is 0.260 e. The third-order valence-electron chi connectivity index (χ3n) is 5.26. The fourth-order valence-corrected chi connectivity index (χ4v) is 3.76. The number of piperazine rings is 1. The summed E-state index contributed by atoms with van der Waals surface area (Å²) in [7, 11) is 3.61. The number of anilines is 2. The van der Waals surface area contributed by atoms with Crippen LogP contribution in [0.2, 0.25) is 0 Å². The first kappa shape index (κ1) is 16.7. The van der Waals surface area contributed by atoms with Gasteiger partial charge in [-0.2, -0.15) is 5.10 Å². The molecule has 3 aromatic heterocycles. The van der Waals surface area contributed by atoms with Crippen LogP contribution in [0.25, 0.3) is 21.9 Å². The average Bonchev–Trinajstić information content (AvgIpc) is 3.11. The molecular weight excluding hydrogens is 356 g/mol. The maximum absolute atomic E-state index is 12.2. The average molecular weight is 376 g/mol. The topological polar surface area (TPSA) is 85.0 Å². The predicted molar refractivity (Wildman–Crippen MR) is 108 cm³/mol. The highest BCUT2D eigenvalue weighted by Crippen LogP contribution is 2.25. The molecule has 1 saturated heterocycles. The Morgan fingerprint density at radius 3 is 2.54 bits per heavy atom. The molecule has 4 aromatic rings. The van der Waals surface area contributed by atoms with Gasteiger partial charge < -0.3 is 14.4 Å². The zero-order chi connectivity index (χ0) is 19.3. The Kier molecular flexibility index (Phi) is 3.75. The maximum atomic E-state index is 12.2. The molecule has 5 rings (SSSR count). The summed E-state index contributed by atoms with van der Waals surface area (Å²) >= 11 is 0. The van der Waals surface area contributed by atoms with E-state index in [9.17, 15) is 4.79 Å². The van der Waals surface area contributed by atoms with E-state index in [1.807, 2.05) is 31.4 Å². The van der Waals surface area contributed by atoms with Gasteiger partial charge in [0.2, 0.25) is 0 Å². The number of aryl methyl sites for hydroxylation is 2. The summed E-state index contributed by atoms with van der Waals surface area (Å²) in [6.45, 7) is 3.43. The smallest absolute Gasteiger partial charge is 0.260 e. The zero-order valence-electron chi connectivity index (χ0n) is 15.8. The van der Waals surface area contributed by atoms with Crippen LogP contribution in [0.1, 0.15) is 0 Å². The van der Waals surface area contributed by atoms with Gasteiger partial charge in [0.25, 0.3) is 5.56 Å². The molecule has 0 bridgehead atoms. The van der Waals surface area contributed by atoms with Gasteiger partial charge in [0.05, 0.1) is 22.6 Å². The lowest BCUT2D eigenvalue weighted by atomic mass is 10.2. The lowest BCUT2D eigenvalue weighted by Gasteiger charge is -2.36. The Hall–Kier alpha value is -3.49. The molecule has 9 heteroatoms. The van der Waals surface area contributed by atoms with Crippen molar-refractivity contribution in [2.24, 2.45) is 14.1 Å². The van der Waals surface area contributed by atoms with Crippen LogP contribution in [-0.2, 0) is 14.1 Å². The molecule has 28 heavy (non-hydrogen) atoms. The second kappa shape index (κ2) is 6.29. The molecule has 1 aliphatic rings. The largest absolute Gasteiger partial charge is 0.368 e. The molecular formula is C19H20N8O. The van der Waals surface area contributed by atoms with Crippen LogP contribution in [0.15, 0.2) is 41.8 Å². The Morgan fingerprint density at radius 2 is 1.71 bits per heavy atom. The van der Waals surface area contributed by atoms with Crippen LogP contribution in [0, 0.1) is 0 Å². The molecule has 0 aliphatic carbocycles. The first-order valence-electron chi connectivity index (χ1n) is 9.20.